The third-order valence-electron chi connectivity index (χ3n) is 7.90. The van der Waals surface area contributed by atoms with Crippen LogP contribution in [-0.2, 0) is 16.0 Å². The van der Waals surface area contributed by atoms with Gasteiger partial charge in [-0.15, -0.1) is 0 Å². The van der Waals surface area contributed by atoms with Crippen LogP contribution in [0.2, 0.25) is 5.02 Å². The summed E-state index contributed by atoms with van der Waals surface area (Å²) in [7, 11) is 2.90. The Morgan fingerprint density at radius 1 is 1.16 bits per heavy atom. The van der Waals surface area contributed by atoms with Gasteiger partial charge in [-0.2, -0.15) is 0 Å². The zero-order valence-electron chi connectivity index (χ0n) is 21.7. The Balaban J connectivity index is 1.70. The summed E-state index contributed by atoms with van der Waals surface area (Å²) in [6.45, 7) is 1.98. The summed E-state index contributed by atoms with van der Waals surface area (Å²) in [6.07, 6.45) is 2.50. The molecular weight excluding hydrogens is 510 g/mol. The molecule has 5 rings (SSSR count). The molecule has 1 aliphatic heterocycles. The average Bonchev–Trinajstić information content (AvgIpc) is 3.31. The van der Waals surface area contributed by atoms with Crippen molar-refractivity contribution in [1.29, 1.82) is 0 Å². The van der Waals surface area contributed by atoms with Crippen molar-refractivity contribution >= 4 is 40.4 Å². The molecule has 2 heterocycles. The normalized spacial score (nSPS) is 22.1. The number of methoxy groups -OCH3 is 2. The van der Waals surface area contributed by atoms with E-state index in [4.69, 9.17) is 26.1 Å². The number of fused-ring (bicyclic) bond motifs is 3. The lowest BCUT2D eigenvalue weighted by Crippen LogP contribution is -2.42. The van der Waals surface area contributed by atoms with Crippen molar-refractivity contribution in [2.24, 2.45) is 5.92 Å². The predicted molar refractivity (Wildman–Crippen MR) is 143 cm³/mol. The highest BCUT2D eigenvalue weighted by atomic mass is 35.5. The smallest absolute Gasteiger partial charge is 0.414 e. The highest BCUT2D eigenvalue weighted by Crippen LogP contribution is 2.42. The second kappa shape index (κ2) is 10.5. The molecular formula is C28H32ClN3O6. The van der Waals surface area contributed by atoms with Gasteiger partial charge in [-0.05, 0) is 74.9 Å². The number of amides is 1. The first-order valence-corrected chi connectivity index (χ1v) is 13.3. The van der Waals surface area contributed by atoms with Crippen molar-refractivity contribution in [3.8, 4) is 5.75 Å². The number of carboxylic acids is 1. The molecule has 3 aromatic rings. The molecule has 0 unspecified atom stereocenters. The van der Waals surface area contributed by atoms with Gasteiger partial charge >= 0.3 is 12.1 Å². The fraction of sp³-hybridized carbons (Fsp3) is 0.464. The van der Waals surface area contributed by atoms with Crippen molar-refractivity contribution < 1.29 is 29.3 Å². The molecule has 1 aliphatic carbocycles. The van der Waals surface area contributed by atoms with Gasteiger partial charge in [0.2, 0.25) is 0 Å². The Labute approximate surface area is 225 Å². The number of carboxylic acid groups (broad SMARTS) is 1. The maximum absolute atomic E-state index is 12.6. The van der Waals surface area contributed by atoms with Gasteiger partial charge in [0.25, 0.3) is 0 Å². The number of benzene rings is 2. The molecule has 2 aromatic carbocycles. The van der Waals surface area contributed by atoms with E-state index >= 15 is 0 Å². The Hall–Kier alpha value is -3.30. The molecule has 0 spiro atoms. The summed E-state index contributed by atoms with van der Waals surface area (Å²) in [5, 5.41) is 21.8. The van der Waals surface area contributed by atoms with Gasteiger partial charge < -0.3 is 24.3 Å². The molecule has 1 amide bonds. The number of aliphatic hydroxyl groups is 1. The fourth-order valence-electron chi connectivity index (χ4n) is 6.00. The zero-order valence-corrected chi connectivity index (χ0v) is 22.4. The van der Waals surface area contributed by atoms with E-state index in [1.54, 1.807) is 23.1 Å². The molecule has 1 fully saturated rings. The summed E-state index contributed by atoms with van der Waals surface area (Å²) in [6, 6.07) is 8.68. The number of aliphatic carboxylic acids is 1. The summed E-state index contributed by atoms with van der Waals surface area (Å²) >= 11 is 6.32. The van der Waals surface area contributed by atoms with Gasteiger partial charge in [0, 0.05) is 22.7 Å². The number of halogens is 1. The number of aromatic nitrogens is 2. The van der Waals surface area contributed by atoms with Crippen molar-refractivity contribution in [2.75, 3.05) is 19.1 Å². The van der Waals surface area contributed by atoms with Crippen LogP contribution in [0.4, 0.5) is 10.5 Å². The van der Waals surface area contributed by atoms with Gasteiger partial charge in [0.05, 0.1) is 36.9 Å². The van der Waals surface area contributed by atoms with Gasteiger partial charge in [0.15, 0.2) is 0 Å². The zero-order chi connectivity index (χ0) is 27.1. The first-order chi connectivity index (χ1) is 18.2. The minimum absolute atomic E-state index is 0.0341. The molecule has 1 aromatic heterocycles. The largest absolute Gasteiger partial charge is 0.497 e. The second-order valence-corrected chi connectivity index (χ2v) is 10.6. The third kappa shape index (κ3) is 4.58. The van der Waals surface area contributed by atoms with E-state index < -0.39 is 24.1 Å². The van der Waals surface area contributed by atoms with E-state index in [9.17, 15) is 19.8 Å². The standard InChI is InChI=1S/C28H32ClN3O6/c1-15-7-8-21-22(31(15)28(36)38-3)9-10-23-24(21)30-26(25(33)17-11-18(29)14-20(13-17)37-2)32(23)19-6-4-5-16(12-19)27(34)35/h9-11,13-16,19,25,33H,4-8,12H2,1-3H3,(H,34,35)/t15-,16+,19+,25-/m0/s1. The number of hydrogen-bond donors (Lipinski definition) is 2. The van der Waals surface area contributed by atoms with Crippen LogP contribution in [0.15, 0.2) is 30.3 Å². The molecule has 202 valence electrons. The molecule has 2 aliphatic rings. The maximum Gasteiger partial charge on any atom is 0.414 e. The molecule has 2 N–H and O–H groups in total. The number of nitrogens with zero attached hydrogens (tertiary/aromatic N) is 3. The minimum atomic E-state index is -1.13. The molecule has 10 heteroatoms. The number of rotatable bonds is 5. The molecule has 0 radical (unpaired) electrons. The van der Waals surface area contributed by atoms with Crippen LogP contribution >= 0.6 is 11.6 Å². The molecule has 0 saturated heterocycles. The van der Waals surface area contributed by atoms with Crippen LogP contribution in [0.5, 0.6) is 5.75 Å². The van der Waals surface area contributed by atoms with Crippen LogP contribution in [0.25, 0.3) is 11.0 Å². The van der Waals surface area contributed by atoms with Gasteiger partial charge in [0.1, 0.15) is 17.7 Å². The van der Waals surface area contributed by atoms with Crippen molar-refractivity contribution in [1.82, 2.24) is 9.55 Å². The third-order valence-corrected chi connectivity index (χ3v) is 8.12. The van der Waals surface area contributed by atoms with E-state index in [1.807, 2.05) is 23.6 Å². The highest BCUT2D eigenvalue weighted by molar-refractivity contribution is 6.30. The van der Waals surface area contributed by atoms with Crippen molar-refractivity contribution in [3.63, 3.8) is 0 Å². The Bertz CT molecular complexity index is 1390. The molecule has 38 heavy (non-hydrogen) atoms. The van der Waals surface area contributed by atoms with Crippen LogP contribution in [0.3, 0.4) is 0 Å². The van der Waals surface area contributed by atoms with E-state index in [0.717, 1.165) is 36.0 Å². The summed E-state index contributed by atoms with van der Waals surface area (Å²) in [5.41, 5.74) is 3.68. The molecule has 1 saturated carbocycles. The lowest BCUT2D eigenvalue weighted by molar-refractivity contribution is -0.143. The first-order valence-electron chi connectivity index (χ1n) is 12.9. The molecule has 0 bridgehead atoms. The summed E-state index contributed by atoms with van der Waals surface area (Å²) < 4.78 is 12.4. The van der Waals surface area contributed by atoms with Crippen LogP contribution in [-0.4, -0.2) is 52.1 Å². The number of aryl methyl sites for hydroxylation is 1. The van der Waals surface area contributed by atoms with Gasteiger partial charge in [-0.1, -0.05) is 18.0 Å². The number of carbonyl (C=O) groups is 2. The van der Waals surface area contributed by atoms with Crippen LogP contribution in [0.1, 0.15) is 68.1 Å². The quantitative estimate of drug-likeness (QED) is 0.438. The molecule has 4 atom stereocenters. The van der Waals surface area contributed by atoms with Crippen LogP contribution in [0, 0.1) is 5.92 Å². The number of imidazole rings is 1. The lowest BCUT2D eigenvalue weighted by Gasteiger charge is -2.34. The van der Waals surface area contributed by atoms with Crippen LogP contribution < -0.4 is 9.64 Å². The number of anilines is 1. The van der Waals surface area contributed by atoms with E-state index in [1.165, 1.54) is 14.2 Å². The summed E-state index contributed by atoms with van der Waals surface area (Å²) in [4.78, 5) is 31.1. The molecule has 9 nitrogen and oxygen atoms in total. The average molecular weight is 542 g/mol. The first kappa shape index (κ1) is 26.3. The number of ether oxygens (including phenoxy) is 2. The van der Waals surface area contributed by atoms with E-state index in [2.05, 4.69) is 0 Å². The van der Waals surface area contributed by atoms with Gasteiger partial charge in [-0.25, -0.2) is 9.78 Å². The van der Waals surface area contributed by atoms with E-state index in [-0.39, 0.29) is 12.1 Å². The minimum Gasteiger partial charge on any atom is -0.497 e. The van der Waals surface area contributed by atoms with Crippen molar-refractivity contribution in [2.45, 2.75) is 63.6 Å². The second-order valence-electron chi connectivity index (χ2n) is 10.2. The van der Waals surface area contributed by atoms with E-state index in [0.29, 0.717) is 46.9 Å². The lowest BCUT2D eigenvalue weighted by atomic mass is 9.85. The Morgan fingerprint density at radius 3 is 2.66 bits per heavy atom. The fourth-order valence-corrected chi connectivity index (χ4v) is 6.23. The highest BCUT2D eigenvalue weighted by Gasteiger charge is 2.35. The van der Waals surface area contributed by atoms with Crippen molar-refractivity contribution in [3.05, 3.63) is 52.3 Å². The SMILES string of the molecule is COC(=O)N1c2ccc3c(nc([C@@H](O)c4cc(Cl)cc(OC)c4)n3[C@@H]3CCC[C@@H](C(=O)O)C3)c2CC[C@@H]1C. The van der Waals surface area contributed by atoms with Gasteiger partial charge in [-0.3, -0.25) is 9.69 Å². The Morgan fingerprint density at radius 2 is 1.95 bits per heavy atom. The summed E-state index contributed by atoms with van der Waals surface area (Å²) in [5.74, 6) is -0.341. The Kier molecular flexibility index (Phi) is 7.24. The maximum atomic E-state index is 12.6. The monoisotopic (exact) mass is 541 g/mol. The number of hydrogen-bond acceptors (Lipinski definition) is 6. The predicted octanol–water partition coefficient (Wildman–Crippen LogP) is 5.50. The topological polar surface area (TPSA) is 114 Å². The number of carbonyl (C=O) groups excluding carboxylic acids is 1. The number of aliphatic hydroxyl groups excluding tert-OH is 1.